The lowest BCUT2D eigenvalue weighted by Gasteiger charge is -2.14. The van der Waals surface area contributed by atoms with Gasteiger partial charge in [-0.25, -0.2) is 4.98 Å². The minimum atomic E-state index is -0.196. The molecule has 0 radical (unpaired) electrons. The Morgan fingerprint density at radius 2 is 2.04 bits per heavy atom. The summed E-state index contributed by atoms with van der Waals surface area (Å²) in [4.78, 5) is 29.9. The lowest BCUT2D eigenvalue weighted by Crippen LogP contribution is -2.32. The first-order chi connectivity index (χ1) is 11.2. The maximum atomic E-state index is 11.9. The van der Waals surface area contributed by atoms with E-state index >= 15 is 0 Å². The van der Waals surface area contributed by atoms with Crippen molar-refractivity contribution in [2.45, 2.75) is 19.3 Å². The molecule has 6 heteroatoms. The van der Waals surface area contributed by atoms with E-state index in [9.17, 15) is 9.59 Å². The molecular formula is C17H19N3O2S. The Morgan fingerprint density at radius 1 is 1.26 bits per heavy atom. The van der Waals surface area contributed by atoms with Gasteiger partial charge in [0.15, 0.2) is 0 Å². The standard InChI is InChI=1S/C17H19N3O2S/c21-15(18-10-9-17(22)20-11-3-4-12-20)7-8-16-19-13-5-1-2-6-14(13)23-16/h1-2,5-8H,3-4,9-12H2,(H,18,21)/b8-7+. The van der Waals surface area contributed by atoms with Crippen LogP contribution in [0.1, 0.15) is 24.3 Å². The summed E-state index contributed by atoms with van der Waals surface area (Å²) in [5, 5.41) is 3.55. The second-order valence-corrected chi connectivity index (χ2v) is 6.54. The van der Waals surface area contributed by atoms with E-state index in [1.165, 1.54) is 6.08 Å². The van der Waals surface area contributed by atoms with E-state index in [1.807, 2.05) is 29.2 Å². The number of benzene rings is 1. The van der Waals surface area contributed by atoms with Crippen molar-refractivity contribution in [1.29, 1.82) is 0 Å². The highest BCUT2D eigenvalue weighted by molar-refractivity contribution is 7.19. The molecule has 1 aromatic heterocycles. The summed E-state index contributed by atoms with van der Waals surface area (Å²) < 4.78 is 1.10. The van der Waals surface area contributed by atoms with E-state index in [0.29, 0.717) is 13.0 Å². The van der Waals surface area contributed by atoms with E-state index in [1.54, 1.807) is 17.4 Å². The summed E-state index contributed by atoms with van der Waals surface area (Å²) in [6.45, 7) is 2.08. The first-order valence-corrected chi connectivity index (χ1v) is 8.63. The van der Waals surface area contributed by atoms with Crippen molar-refractivity contribution < 1.29 is 9.59 Å². The summed E-state index contributed by atoms with van der Waals surface area (Å²) in [5.74, 6) is -0.0727. The number of aromatic nitrogens is 1. The van der Waals surface area contributed by atoms with E-state index in [4.69, 9.17) is 0 Å². The fourth-order valence-corrected chi connectivity index (χ4v) is 3.45. The average Bonchev–Trinajstić information content (AvgIpc) is 3.21. The largest absolute Gasteiger partial charge is 0.352 e. The smallest absolute Gasteiger partial charge is 0.244 e. The zero-order valence-corrected chi connectivity index (χ0v) is 13.6. The van der Waals surface area contributed by atoms with Crippen molar-refractivity contribution >= 4 is 39.4 Å². The molecule has 1 N–H and O–H groups in total. The first-order valence-electron chi connectivity index (χ1n) is 7.81. The molecule has 120 valence electrons. The van der Waals surface area contributed by atoms with Crippen LogP contribution in [0.5, 0.6) is 0 Å². The molecule has 2 heterocycles. The molecule has 1 saturated heterocycles. The molecule has 23 heavy (non-hydrogen) atoms. The number of hydrogen-bond donors (Lipinski definition) is 1. The number of carbonyl (C=O) groups excluding carboxylic acids is 2. The van der Waals surface area contributed by atoms with E-state index in [0.717, 1.165) is 41.2 Å². The van der Waals surface area contributed by atoms with Gasteiger partial charge in [0.05, 0.1) is 10.2 Å². The van der Waals surface area contributed by atoms with Gasteiger partial charge < -0.3 is 10.2 Å². The van der Waals surface area contributed by atoms with Gasteiger partial charge in [-0.2, -0.15) is 0 Å². The second kappa shape index (κ2) is 7.37. The van der Waals surface area contributed by atoms with Crippen LogP contribution < -0.4 is 5.32 Å². The van der Waals surface area contributed by atoms with Gasteiger partial charge in [-0.1, -0.05) is 12.1 Å². The van der Waals surface area contributed by atoms with Crippen LogP contribution in [0.25, 0.3) is 16.3 Å². The SMILES string of the molecule is O=C(/C=C/c1nc2ccccc2s1)NCCC(=O)N1CCCC1. The molecule has 0 spiro atoms. The van der Waals surface area contributed by atoms with Gasteiger partial charge in [0, 0.05) is 32.1 Å². The predicted octanol–water partition coefficient (Wildman–Crippen LogP) is 2.44. The van der Waals surface area contributed by atoms with E-state index in [-0.39, 0.29) is 11.8 Å². The van der Waals surface area contributed by atoms with Crippen LogP contribution in [0.15, 0.2) is 30.3 Å². The zero-order chi connectivity index (χ0) is 16.1. The predicted molar refractivity (Wildman–Crippen MR) is 92.1 cm³/mol. The van der Waals surface area contributed by atoms with Crippen molar-refractivity contribution in [2.24, 2.45) is 0 Å². The monoisotopic (exact) mass is 329 g/mol. The van der Waals surface area contributed by atoms with Gasteiger partial charge in [-0.05, 0) is 31.1 Å². The fraction of sp³-hybridized carbons (Fsp3) is 0.353. The highest BCUT2D eigenvalue weighted by Gasteiger charge is 2.17. The molecule has 1 aromatic carbocycles. The summed E-state index contributed by atoms with van der Waals surface area (Å²) in [6.07, 6.45) is 5.72. The number of fused-ring (bicyclic) bond motifs is 1. The highest BCUT2D eigenvalue weighted by Crippen LogP contribution is 2.22. The Morgan fingerprint density at radius 3 is 2.83 bits per heavy atom. The molecule has 0 atom stereocenters. The number of nitrogens with one attached hydrogen (secondary N) is 1. The van der Waals surface area contributed by atoms with E-state index in [2.05, 4.69) is 10.3 Å². The van der Waals surface area contributed by atoms with Crippen LogP contribution in [-0.4, -0.2) is 41.3 Å². The Balaban J connectivity index is 1.46. The Hall–Kier alpha value is -2.21. The first kappa shape index (κ1) is 15.7. The topological polar surface area (TPSA) is 62.3 Å². The molecule has 2 amide bonds. The highest BCUT2D eigenvalue weighted by atomic mass is 32.1. The number of amides is 2. The molecule has 0 unspecified atom stereocenters. The molecule has 1 fully saturated rings. The molecule has 5 nitrogen and oxygen atoms in total. The van der Waals surface area contributed by atoms with Crippen LogP contribution in [0, 0.1) is 0 Å². The normalized spacial score (nSPS) is 14.7. The van der Waals surface area contributed by atoms with Gasteiger partial charge in [-0.15, -0.1) is 11.3 Å². The summed E-state index contributed by atoms with van der Waals surface area (Å²) >= 11 is 1.55. The van der Waals surface area contributed by atoms with Crippen LogP contribution in [0.4, 0.5) is 0 Å². The number of hydrogen-bond acceptors (Lipinski definition) is 4. The fourth-order valence-electron chi connectivity index (χ4n) is 2.58. The quantitative estimate of drug-likeness (QED) is 0.857. The molecule has 1 aliphatic heterocycles. The Kier molecular flexibility index (Phi) is 5.02. The summed E-state index contributed by atoms with van der Waals surface area (Å²) in [7, 11) is 0. The average molecular weight is 329 g/mol. The number of likely N-dealkylation sites (tertiary alicyclic amines) is 1. The van der Waals surface area contributed by atoms with Crippen molar-refractivity contribution in [3.05, 3.63) is 35.3 Å². The lowest BCUT2D eigenvalue weighted by molar-refractivity contribution is -0.130. The third-order valence-electron chi connectivity index (χ3n) is 3.78. The number of thiazole rings is 1. The van der Waals surface area contributed by atoms with Crippen molar-refractivity contribution in [1.82, 2.24) is 15.2 Å². The maximum absolute atomic E-state index is 11.9. The van der Waals surface area contributed by atoms with Crippen LogP contribution in [0.3, 0.4) is 0 Å². The van der Waals surface area contributed by atoms with E-state index < -0.39 is 0 Å². The van der Waals surface area contributed by atoms with Gasteiger partial charge in [-0.3, -0.25) is 9.59 Å². The van der Waals surface area contributed by atoms with Gasteiger partial charge >= 0.3 is 0 Å². The number of carbonyl (C=O) groups is 2. The Labute approximate surface area is 139 Å². The third-order valence-corrected chi connectivity index (χ3v) is 4.79. The number of para-hydroxylation sites is 1. The number of nitrogens with zero attached hydrogens (tertiary/aromatic N) is 2. The molecule has 3 rings (SSSR count). The van der Waals surface area contributed by atoms with Crippen LogP contribution in [0.2, 0.25) is 0 Å². The Bertz CT molecular complexity index is 699. The summed E-state index contributed by atoms with van der Waals surface area (Å²) in [6, 6.07) is 7.87. The minimum Gasteiger partial charge on any atom is -0.352 e. The number of rotatable bonds is 5. The molecule has 2 aromatic rings. The van der Waals surface area contributed by atoms with Gasteiger partial charge in [0.2, 0.25) is 11.8 Å². The lowest BCUT2D eigenvalue weighted by atomic mass is 10.3. The van der Waals surface area contributed by atoms with Crippen molar-refractivity contribution in [3.63, 3.8) is 0 Å². The molecule has 0 bridgehead atoms. The van der Waals surface area contributed by atoms with Crippen molar-refractivity contribution in [3.8, 4) is 0 Å². The van der Waals surface area contributed by atoms with Crippen molar-refractivity contribution in [2.75, 3.05) is 19.6 Å². The molecule has 1 aliphatic rings. The zero-order valence-electron chi connectivity index (χ0n) is 12.8. The second-order valence-electron chi connectivity index (χ2n) is 5.48. The van der Waals surface area contributed by atoms with Crippen LogP contribution in [-0.2, 0) is 9.59 Å². The van der Waals surface area contributed by atoms with Crippen LogP contribution >= 0.6 is 11.3 Å². The molecular weight excluding hydrogens is 310 g/mol. The van der Waals surface area contributed by atoms with Gasteiger partial charge in [0.1, 0.15) is 5.01 Å². The third kappa shape index (κ3) is 4.16. The maximum Gasteiger partial charge on any atom is 0.244 e. The summed E-state index contributed by atoms with van der Waals surface area (Å²) in [5.41, 5.74) is 0.939. The molecule has 0 saturated carbocycles. The van der Waals surface area contributed by atoms with Gasteiger partial charge in [0.25, 0.3) is 0 Å². The molecule has 0 aliphatic carbocycles. The minimum absolute atomic E-state index is 0.123.